The number of likely N-dealkylation sites (N-methyl/N-ethyl adjacent to an activating group) is 1. The first-order chi connectivity index (χ1) is 11.1. The van der Waals surface area contributed by atoms with Crippen molar-refractivity contribution in [3.8, 4) is 11.5 Å². The molecule has 0 atom stereocenters. The van der Waals surface area contributed by atoms with Gasteiger partial charge in [0.25, 0.3) is 0 Å². The maximum Gasteiger partial charge on any atom is 0.342 e. The number of nitrogens with zero attached hydrogens (tertiary/aromatic N) is 1. The van der Waals surface area contributed by atoms with Crippen LogP contribution in [0.15, 0.2) is 18.2 Å². The second kappa shape index (κ2) is 13.4. The fourth-order valence-corrected chi connectivity index (χ4v) is 1.70. The Morgan fingerprint density at radius 3 is 2.48 bits per heavy atom. The van der Waals surface area contributed by atoms with Gasteiger partial charge in [0.1, 0.15) is 12.2 Å². The second-order valence-corrected chi connectivity index (χ2v) is 4.98. The minimum absolute atomic E-state index is 0.345. The number of carbonyl (C=O) groups is 1. The van der Waals surface area contributed by atoms with Gasteiger partial charge >= 0.3 is 5.97 Å². The molecule has 0 radical (unpaired) electrons. The third kappa shape index (κ3) is 8.41. The van der Waals surface area contributed by atoms with Gasteiger partial charge in [-0.05, 0) is 37.6 Å². The Kier molecular flexibility index (Phi) is 12.8. The summed E-state index contributed by atoms with van der Waals surface area (Å²) in [5.41, 5.74) is 0.407. The van der Waals surface area contributed by atoms with E-state index < -0.39 is 0 Å². The molecule has 0 saturated carbocycles. The van der Waals surface area contributed by atoms with Crippen molar-refractivity contribution in [2.75, 3.05) is 45.9 Å². The number of para-hydroxylation sites is 1. The molecule has 132 valence electrons. The third-order valence-corrected chi connectivity index (χ3v) is 2.93. The van der Waals surface area contributed by atoms with Crippen LogP contribution >= 0.6 is 22.6 Å². The number of unbranched alkanes of at least 4 members (excludes halogenated alkanes) is 1. The van der Waals surface area contributed by atoms with E-state index in [1.807, 2.05) is 23.9 Å². The fraction of sp³-hybridized carbons (Fsp3) is 0.588. The van der Waals surface area contributed by atoms with Crippen LogP contribution in [-0.4, -0.2) is 56.8 Å². The minimum atomic E-state index is -0.387. The lowest BCUT2D eigenvalue weighted by Crippen LogP contribution is -2.20. The molecule has 0 bridgehead atoms. The van der Waals surface area contributed by atoms with Crippen LogP contribution in [0.4, 0.5) is 0 Å². The van der Waals surface area contributed by atoms with E-state index in [4.69, 9.17) is 14.2 Å². The zero-order chi connectivity index (χ0) is 17.7. The van der Waals surface area contributed by atoms with Crippen molar-refractivity contribution in [2.45, 2.75) is 19.8 Å². The molecule has 6 heteroatoms. The zero-order valence-corrected chi connectivity index (χ0v) is 16.9. The van der Waals surface area contributed by atoms with Gasteiger partial charge < -0.3 is 19.1 Å². The molecule has 1 aromatic rings. The molecule has 1 aromatic carbocycles. The molecule has 0 aliphatic rings. The highest BCUT2D eigenvalue weighted by molar-refractivity contribution is 14.1. The molecule has 5 nitrogen and oxygen atoms in total. The van der Waals surface area contributed by atoms with Gasteiger partial charge in [0, 0.05) is 6.54 Å². The minimum Gasteiger partial charge on any atom is -0.493 e. The van der Waals surface area contributed by atoms with E-state index >= 15 is 0 Å². The van der Waals surface area contributed by atoms with Gasteiger partial charge in [-0.25, -0.2) is 4.79 Å². The van der Waals surface area contributed by atoms with E-state index in [0.29, 0.717) is 36.8 Å². The SMILES string of the molecule is CCCCOc1c(OC)cccc1C(=O)OCCN(C)C.CI. The summed E-state index contributed by atoms with van der Waals surface area (Å²) in [6, 6.07) is 5.23. The van der Waals surface area contributed by atoms with Crippen molar-refractivity contribution >= 4 is 28.6 Å². The molecule has 23 heavy (non-hydrogen) atoms. The number of hydrogen-bond donors (Lipinski definition) is 0. The van der Waals surface area contributed by atoms with Gasteiger partial charge in [-0.2, -0.15) is 0 Å². The summed E-state index contributed by atoms with van der Waals surface area (Å²) in [5, 5.41) is 0. The average molecular weight is 437 g/mol. The van der Waals surface area contributed by atoms with E-state index in [9.17, 15) is 4.79 Å². The Bertz CT molecular complexity index is 452. The van der Waals surface area contributed by atoms with E-state index in [-0.39, 0.29) is 5.97 Å². The van der Waals surface area contributed by atoms with E-state index in [0.717, 1.165) is 12.8 Å². The molecule has 0 saturated heterocycles. The first-order valence-corrected chi connectivity index (χ1v) is 9.75. The summed E-state index contributed by atoms with van der Waals surface area (Å²) in [6.45, 7) is 3.66. The van der Waals surface area contributed by atoms with Crippen LogP contribution in [0.5, 0.6) is 11.5 Å². The highest BCUT2D eigenvalue weighted by Gasteiger charge is 2.18. The molecule has 0 aliphatic carbocycles. The lowest BCUT2D eigenvalue weighted by Gasteiger charge is -2.15. The van der Waals surface area contributed by atoms with Gasteiger partial charge in [0.05, 0.1) is 13.7 Å². The Balaban J connectivity index is 0.00000232. The van der Waals surface area contributed by atoms with E-state index in [2.05, 4.69) is 29.5 Å². The molecule has 0 aromatic heterocycles. The molecule has 0 amide bonds. The smallest absolute Gasteiger partial charge is 0.342 e. The van der Waals surface area contributed by atoms with Crippen LogP contribution < -0.4 is 9.47 Å². The van der Waals surface area contributed by atoms with Crippen molar-refractivity contribution < 1.29 is 19.0 Å². The fourth-order valence-electron chi connectivity index (χ4n) is 1.70. The first-order valence-electron chi connectivity index (χ1n) is 7.59. The van der Waals surface area contributed by atoms with Gasteiger partial charge in [-0.3, -0.25) is 0 Å². The van der Waals surface area contributed by atoms with Crippen LogP contribution in [0.2, 0.25) is 0 Å². The molecule has 0 fully saturated rings. The summed E-state index contributed by atoms with van der Waals surface area (Å²) in [4.78, 5) is 16.1. The number of rotatable bonds is 9. The number of ether oxygens (including phenoxy) is 3. The molecular formula is C17H28INO4. The maximum absolute atomic E-state index is 12.2. The van der Waals surface area contributed by atoms with Crippen LogP contribution in [0, 0.1) is 0 Å². The molecule has 1 rings (SSSR count). The monoisotopic (exact) mass is 437 g/mol. The lowest BCUT2D eigenvalue weighted by atomic mass is 10.2. The second-order valence-electron chi connectivity index (χ2n) is 4.98. The summed E-state index contributed by atoms with van der Waals surface area (Å²) >= 11 is 2.15. The van der Waals surface area contributed by atoms with Crippen LogP contribution in [-0.2, 0) is 4.74 Å². The predicted molar refractivity (Wildman–Crippen MR) is 102 cm³/mol. The normalized spacial score (nSPS) is 9.87. The lowest BCUT2D eigenvalue weighted by molar-refractivity contribution is 0.0476. The van der Waals surface area contributed by atoms with Crippen molar-refractivity contribution in [1.82, 2.24) is 4.90 Å². The number of hydrogen-bond acceptors (Lipinski definition) is 5. The van der Waals surface area contributed by atoms with Gasteiger partial charge in [0.2, 0.25) is 0 Å². The highest BCUT2D eigenvalue weighted by Crippen LogP contribution is 2.31. The molecule has 0 spiro atoms. The number of halogens is 1. The van der Waals surface area contributed by atoms with Crippen LogP contribution in [0.25, 0.3) is 0 Å². The third-order valence-electron chi connectivity index (χ3n) is 2.93. The first kappa shape index (κ1) is 22.0. The molecule has 0 heterocycles. The number of methoxy groups -OCH3 is 1. The topological polar surface area (TPSA) is 48.0 Å². The Hall–Kier alpha value is -1.02. The molecule has 0 unspecified atom stereocenters. The Morgan fingerprint density at radius 2 is 1.91 bits per heavy atom. The molecular weight excluding hydrogens is 409 g/mol. The Labute approximate surface area is 153 Å². The van der Waals surface area contributed by atoms with Crippen molar-refractivity contribution in [2.24, 2.45) is 0 Å². The number of alkyl halides is 1. The molecule has 0 aliphatic heterocycles. The van der Waals surface area contributed by atoms with Crippen molar-refractivity contribution in [3.63, 3.8) is 0 Å². The van der Waals surface area contributed by atoms with Crippen molar-refractivity contribution in [1.29, 1.82) is 0 Å². The number of carbonyl (C=O) groups excluding carboxylic acids is 1. The summed E-state index contributed by atoms with van der Waals surface area (Å²) < 4.78 is 16.2. The zero-order valence-electron chi connectivity index (χ0n) is 14.7. The average Bonchev–Trinajstić information content (AvgIpc) is 2.56. The van der Waals surface area contributed by atoms with Gasteiger partial charge in [-0.15, -0.1) is 0 Å². The number of esters is 1. The summed E-state index contributed by atoms with van der Waals surface area (Å²) in [5.74, 6) is 0.624. The predicted octanol–water partition coefficient (Wildman–Crippen LogP) is 3.64. The van der Waals surface area contributed by atoms with E-state index in [1.165, 1.54) is 0 Å². The summed E-state index contributed by atoms with van der Waals surface area (Å²) in [7, 11) is 5.42. The molecule has 0 N–H and O–H groups in total. The van der Waals surface area contributed by atoms with E-state index in [1.54, 1.807) is 25.3 Å². The van der Waals surface area contributed by atoms with Gasteiger partial charge in [0.15, 0.2) is 11.5 Å². The van der Waals surface area contributed by atoms with Crippen molar-refractivity contribution in [3.05, 3.63) is 23.8 Å². The highest BCUT2D eigenvalue weighted by atomic mass is 127. The van der Waals surface area contributed by atoms with Crippen LogP contribution in [0.1, 0.15) is 30.1 Å². The number of benzene rings is 1. The maximum atomic E-state index is 12.2. The van der Waals surface area contributed by atoms with Crippen LogP contribution in [0.3, 0.4) is 0 Å². The Morgan fingerprint density at radius 1 is 1.22 bits per heavy atom. The summed E-state index contributed by atoms with van der Waals surface area (Å²) in [6.07, 6.45) is 1.95. The largest absolute Gasteiger partial charge is 0.493 e. The standard InChI is InChI=1S/C16H25NO4.CH3I/c1-5-6-11-20-15-13(8-7-9-14(15)19-4)16(18)21-12-10-17(2)3;1-2/h7-9H,5-6,10-12H2,1-4H3;1H3. The van der Waals surface area contributed by atoms with Gasteiger partial charge in [-0.1, -0.05) is 42.0 Å². The quantitative estimate of drug-likeness (QED) is 0.256.